The fourth-order valence-electron chi connectivity index (χ4n) is 1.18. The maximum atomic E-state index is 11.0. The molecule has 0 amide bonds. The summed E-state index contributed by atoms with van der Waals surface area (Å²) in [6, 6.07) is 2.60. The summed E-state index contributed by atoms with van der Waals surface area (Å²) in [6.45, 7) is 1.86. The highest BCUT2D eigenvalue weighted by Gasteiger charge is 2.12. The van der Waals surface area contributed by atoms with Crippen LogP contribution in [-0.4, -0.2) is 23.7 Å². The second-order valence-electron chi connectivity index (χ2n) is 3.19. The SMILES string of the molecule is CCOC(=O)C#Cc1cc(Cl)cc(C(=O)O)c1N. The second-order valence-corrected chi connectivity index (χ2v) is 3.63. The standard InChI is InChI=1S/C12H10ClNO4/c1-2-18-10(15)4-3-7-5-8(13)6-9(11(7)14)12(16)17/h5-6H,2,14H2,1H3,(H,16,17). The first-order chi connectivity index (χ1) is 8.45. The van der Waals surface area contributed by atoms with Gasteiger partial charge in [-0.1, -0.05) is 17.5 Å². The Morgan fingerprint density at radius 1 is 1.50 bits per heavy atom. The number of rotatable bonds is 2. The molecular weight excluding hydrogens is 258 g/mol. The molecule has 6 heteroatoms. The van der Waals surface area contributed by atoms with Crippen LogP contribution in [0.15, 0.2) is 12.1 Å². The normalized spacial score (nSPS) is 9.22. The molecule has 0 unspecified atom stereocenters. The average Bonchev–Trinajstić information content (AvgIpc) is 2.30. The highest BCUT2D eigenvalue weighted by atomic mass is 35.5. The van der Waals surface area contributed by atoms with E-state index in [4.69, 9.17) is 22.4 Å². The van der Waals surface area contributed by atoms with Crippen molar-refractivity contribution < 1.29 is 19.4 Å². The predicted octanol–water partition coefficient (Wildman–Crippen LogP) is 1.54. The molecule has 0 saturated heterocycles. The van der Waals surface area contributed by atoms with Crippen LogP contribution >= 0.6 is 11.6 Å². The zero-order valence-corrected chi connectivity index (χ0v) is 10.2. The lowest BCUT2D eigenvalue weighted by atomic mass is 10.1. The lowest BCUT2D eigenvalue weighted by Crippen LogP contribution is -2.05. The molecule has 0 saturated carbocycles. The molecule has 1 aromatic rings. The van der Waals surface area contributed by atoms with Crippen LogP contribution in [0.1, 0.15) is 22.8 Å². The van der Waals surface area contributed by atoms with Gasteiger partial charge >= 0.3 is 11.9 Å². The van der Waals surface area contributed by atoms with Gasteiger partial charge in [0.05, 0.1) is 23.4 Å². The zero-order valence-electron chi connectivity index (χ0n) is 9.49. The number of anilines is 1. The average molecular weight is 268 g/mol. The van der Waals surface area contributed by atoms with Crippen molar-refractivity contribution in [1.29, 1.82) is 0 Å². The molecule has 0 bridgehead atoms. The number of benzene rings is 1. The first kappa shape index (κ1) is 13.9. The molecule has 0 fully saturated rings. The molecule has 0 aliphatic heterocycles. The number of hydrogen-bond acceptors (Lipinski definition) is 4. The highest BCUT2D eigenvalue weighted by molar-refractivity contribution is 6.31. The molecule has 0 heterocycles. The van der Waals surface area contributed by atoms with Crippen LogP contribution in [0.5, 0.6) is 0 Å². The number of nitrogens with two attached hydrogens (primary N) is 1. The van der Waals surface area contributed by atoms with Crippen LogP contribution < -0.4 is 5.73 Å². The molecule has 0 atom stereocenters. The zero-order chi connectivity index (χ0) is 13.7. The van der Waals surface area contributed by atoms with E-state index < -0.39 is 11.9 Å². The number of carboxylic acid groups (broad SMARTS) is 1. The monoisotopic (exact) mass is 267 g/mol. The lowest BCUT2D eigenvalue weighted by Gasteiger charge is -2.04. The highest BCUT2D eigenvalue weighted by Crippen LogP contribution is 2.22. The van der Waals surface area contributed by atoms with Gasteiger partial charge in [-0.25, -0.2) is 9.59 Å². The minimum absolute atomic E-state index is 0.0382. The number of aromatic carboxylic acids is 1. The van der Waals surface area contributed by atoms with Crippen molar-refractivity contribution in [2.75, 3.05) is 12.3 Å². The van der Waals surface area contributed by atoms with Crippen molar-refractivity contribution in [3.8, 4) is 11.8 Å². The Hall–Kier alpha value is -2.19. The van der Waals surface area contributed by atoms with E-state index in [-0.39, 0.29) is 28.4 Å². The maximum Gasteiger partial charge on any atom is 0.384 e. The molecule has 0 aliphatic rings. The predicted molar refractivity (Wildman–Crippen MR) is 66.3 cm³/mol. The van der Waals surface area contributed by atoms with Crippen LogP contribution in [0.3, 0.4) is 0 Å². The van der Waals surface area contributed by atoms with E-state index in [1.165, 1.54) is 12.1 Å². The van der Waals surface area contributed by atoms with E-state index in [2.05, 4.69) is 16.6 Å². The third kappa shape index (κ3) is 3.40. The number of ether oxygens (including phenoxy) is 1. The third-order valence-electron chi connectivity index (χ3n) is 1.95. The largest absolute Gasteiger partial charge is 0.478 e. The Morgan fingerprint density at radius 2 is 2.17 bits per heavy atom. The smallest absolute Gasteiger partial charge is 0.384 e. The van der Waals surface area contributed by atoms with Gasteiger partial charge in [0.1, 0.15) is 0 Å². The van der Waals surface area contributed by atoms with Crippen molar-refractivity contribution in [3.63, 3.8) is 0 Å². The molecule has 3 N–H and O–H groups in total. The number of esters is 1. The molecule has 94 valence electrons. The van der Waals surface area contributed by atoms with Crippen molar-refractivity contribution in [2.24, 2.45) is 0 Å². The summed E-state index contributed by atoms with van der Waals surface area (Å²) >= 11 is 5.74. The number of carbonyl (C=O) groups is 2. The van der Waals surface area contributed by atoms with Crippen LogP contribution in [0.4, 0.5) is 5.69 Å². The Kier molecular flexibility index (Phi) is 4.58. The van der Waals surface area contributed by atoms with E-state index in [0.717, 1.165) is 0 Å². The van der Waals surface area contributed by atoms with Gasteiger partial charge in [0.15, 0.2) is 0 Å². The second kappa shape index (κ2) is 5.94. The third-order valence-corrected chi connectivity index (χ3v) is 2.17. The van der Waals surface area contributed by atoms with Crippen molar-refractivity contribution >= 4 is 29.2 Å². The lowest BCUT2D eigenvalue weighted by molar-refractivity contribution is -0.136. The minimum Gasteiger partial charge on any atom is -0.478 e. The van der Waals surface area contributed by atoms with Crippen LogP contribution in [0.25, 0.3) is 0 Å². The quantitative estimate of drug-likeness (QED) is 0.482. The first-order valence-corrected chi connectivity index (χ1v) is 5.34. The van der Waals surface area contributed by atoms with Crippen LogP contribution in [0.2, 0.25) is 5.02 Å². The fraction of sp³-hybridized carbons (Fsp3) is 0.167. The Bertz CT molecular complexity index is 557. The van der Waals surface area contributed by atoms with Crippen molar-refractivity contribution in [2.45, 2.75) is 6.92 Å². The molecule has 0 spiro atoms. The fourth-order valence-corrected chi connectivity index (χ4v) is 1.40. The van der Waals surface area contributed by atoms with Crippen LogP contribution in [-0.2, 0) is 9.53 Å². The van der Waals surface area contributed by atoms with E-state index >= 15 is 0 Å². The Balaban J connectivity index is 3.17. The van der Waals surface area contributed by atoms with Gasteiger partial charge in [-0.15, -0.1) is 0 Å². The number of halogens is 1. The topological polar surface area (TPSA) is 89.6 Å². The van der Waals surface area contributed by atoms with Gasteiger partial charge in [-0.2, -0.15) is 0 Å². The maximum absolute atomic E-state index is 11.0. The van der Waals surface area contributed by atoms with Gasteiger partial charge in [0.25, 0.3) is 0 Å². The molecule has 0 aromatic heterocycles. The molecule has 0 aliphatic carbocycles. The molecule has 0 radical (unpaired) electrons. The van der Waals surface area contributed by atoms with Gasteiger partial charge < -0.3 is 15.6 Å². The summed E-state index contributed by atoms with van der Waals surface area (Å²) in [6.07, 6.45) is 0. The van der Waals surface area contributed by atoms with E-state index in [0.29, 0.717) is 0 Å². The van der Waals surface area contributed by atoms with Gasteiger partial charge in [0.2, 0.25) is 0 Å². The van der Waals surface area contributed by atoms with E-state index in [9.17, 15) is 9.59 Å². The Labute approximate surface area is 108 Å². The molecular formula is C12H10ClNO4. The minimum atomic E-state index is -1.21. The van der Waals surface area contributed by atoms with Crippen LogP contribution in [0, 0.1) is 11.8 Å². The number of carboxylic acids is 1. The summed E-state index contributed by atoms with van der Waals surface area (Å²) in [5.74, 6) is 2.70. The van der Waals surface area contributed by atoms with E-state index in [1.807, 2.05) is 0 Å². The number of carbonyl (C=O) groups excluding carboxylic acids is 1. The molecule has 1 aromatic carbocycles. The van der Waals surface area contributed by atoms with Crippen molar-refractivity contribution in [1.82, 2.24) is 0 Å². The summed E-state index contributed by atoms with van der Waals surface area (Å²) in [5.41, 5.74) is 5.60. The Morgan fingerprint density at radius 3 is 2.72 bits per heavy atom. The van der Waals surface area contributed by atoms with Gasteiger partial charge in [-0.05, 0) is 19.1 Å². The van der Waals surface area contributed by atoms with Gasteiger partial charge in [-0.3, -0.25) is 0 Å². The van der Waals surface area contributed by atoms with Crippen molar-refractivity contribution in [3.05, 3.63) is 28.3 Å². The number of hydrogen-bond donors (Lipinski definition) is 2. The summed E-state index contributed by atoms with van der Waals surface area (Å²) in [7, 11) is 0. The molecule has 5 nitrogen and oxygen atoms in total. The van der Waals surface area contributed by atoms with Gasteiger partial charge in [0, 0.05) is 10.9 Å². The molecule has 1 rings (SSSR count). The number of nitrogen functional groups attached to an aromatic ring is 1. The van der Waals surface area contributed by atoms with E-state index in [1.54, 1.807) is 6.92 Å². The summed E-state index contributed by atoms with van der Waals surface area (Å²) in [5, 5.41) is 9.07. The molecule has 18 heavy (non-hydrogen) atoms. The summed E-state index contributed by atoms with van der Waals surface area (Å²) < 4.78 is 4.61. The first-order valence-electron chi connectivity index (χ1n) is 4.96. The summed E-state index contributed by atoms with van der Waals surface area (Å²) in [4.78, 5) is 21.9.